The van der Waals surface area contributed by atoms with Crippen molar-refractivity contribution in [3.8, 4) is 23.3 Å². The molecule has 0 aliphatic heterocycles. The number of nitrogens with one attached hydrogen (secondary N) is 1. The molecule has 0 bridgehead atoms. The van der Waals surface area contributed by atoms with Crippen LogP contribution >= 0.6 is 11.6 Å². The Morgan fingerprint density at radius 2 is 1.76 bits per heavy atom. The van der Waals surface area contributed by atoms with Gasteiger partial charge in [-0.2, -0.15) is 5.26 Å². The van der Waals surface area contributed by atoms with Crippen LogP contribution in [0.3, 0.4) is 0 Å². The largest absolute Gasteiger partial charge is 0.497 e. The highest BCUT2D eigenvalue weighted by Crippen LogP contribution is 2.26. The number of hydrogen-bond acceptors (Lipinski definition) is 5. The van der Waals surface area contributed by atoms with Gasteiger partial charge in [0.2, 0.25) is 0 Å². The minimum atomic E-state index is -0.492. The van der Waals surface area contributed by atoms with Crippen molar-refractivity contribution in [2.24, 2.45) is 0 Å². The molecule has 0 aliphatic carbocycles. The zero-order valence-electron chi connectivity index (χ0n) is 18.5. The number of rotatable bonds is 8. The number of anilines is 1. The highest BCUT2D eigenvalue weighted by atomic mass is 35.5. The minimum Gasteiger partial charge on any atom is -0.497 e. The van der Waals surface area contributed by atoms with E-state index in [1.54, 1.807) is 56.7 Å². The SMILES string of the molecule is COc1ccc(OC)c(COc2ccc(/C=C(\C#N)C(=O)Nc3ccc(Cl)cc3C)cc2)c1. The van der Waals surface area contributed by atoms with Gasteiger partial charge >= 0.3 is 0 Å². The summed E-state index contributed by atoms with van der Waals surface area (Å²) < 4.78 is 16.5. The number of halogens is 1. The number of hydrogen-bond donors (Lipinski definition) is 1. The van der Waals surface area contributed by atoms with Crippen LogP contribution in [0.1, 0.15) is 16.7 Å². The Morgan fingerprint density at radius 3 is 2.39 bits per heavy atom. The smallest absolute Gasteiger partial charge is 0.266 e. The van der Waals surface area contributed by atoms with E-state index in [1.807, 2.05) is 31.2 Å². The summed E-state index contributed by atoms with van der Waals surface area (Å²) in [5, 5.41) is 12.8. The van der Waals surface area contributed by atoms with Crippen LogP contribution in [0.2, 0.25) is 5.02 Å². The maximum atomic E-state index is 12.5. The van der Waals surface area contributed by atoms with Gasteiger partial charge in [-0.25, -0.2) is 0 Å². The predicted molar refractivity (Wildman–Crippen MR) is 129 cm³/mol. The van der Waals surface area contributed by atoms with Crippen LogP contribution in [-0.4, -0.2) is 20.1 Å². The van der Waals surface area contributed by atoms with Crippen molar-refractivity contribution in [2.75, 3.05) is 19.5 Å². The summed E-state index contributed by atoms with van der Waals surface area (Å²) in [5.74, 6) is 1.56. The lowest BCUT2D eigenvalue weighted by Crippen LogP contribution is -2.14. The first-order chi connectivity index (χ1) is 15.9. The van der Waals surface area contributed by atoms with Gasteiger partial charge in [0, 0.05) is 16.3 Å². The first kappa shape index (κ1) is 23.7. The molecule has 1 N–H and O–H groups in total. The van der Waals surface area contributed by atoms with Gasteiger partial charge in [-0.15, -0.1) is 0 Å². The molecule has 7 heteroatoms. The number of ether oxygens (including phenoxy) is 3. The molecule has 3 aromatic carbocycles. The van der Waals surface area contributed by atoms with Crippen molar-refractivity contribution in [2.45, 2.75) is 13.5 Å². The first-order valence-electron chi connectivity index (χ1n) is 10.1. The zero-order valence-corrected chi connectivity index (χ0v) is 19.3. The Morgan fingerprint density at radius 1 is 1.03 bits per heavy atom. The van der Waals surface area contributed by atoms with Gasteiger partial charge in [0.05, 0.1) is 14.2 Å². The van der Waals surface area contributed by atoms with Gasteiger partial charge in [-0.1, -0.05) is 23.7 Å². The van der Waals surface area contributed by atoms with E-state index in [-0.39, 0.29) is 5.57 Å². The van der Waals surface area contributed by atoms with E-state index in [9.17, 15) is 10.1 Å². The quantitative estimate of drug-likeness (QED) is 0.338. The van der Waals surface area contributed by atoms with Crippen LogP contribution in [0.5, 0.6) is 17.2 Å². The van der Waals surface area contributed by atoms with Crippen LogP contribution < -0.4 is 19.5 Å². The van der Waals surface area contributed by atoms with E-state index < -0.39 is 5.91 Å². The molecule has 0 heterocycles. The number of methoxy groups -OCH3 is 2. The molecule has 1 amide bonds. The topological polar surface area (TPSA) is 80.6 Å². The second-order valence-electron chi connectivity index (χ2n) is 7.12. The summed E-state index contributed by atoms with van der Waals surface area (Å²) in [6.45, 7) is 2.12. The van der Waals surface area contributed by atoms with E-state index in [4.69, 9.17) is 25.8 Å². The normalized spacial score (nSPS) is 10.8. The highest BCUT2D eigenvalue weighted by molar-refractivity contribution is 6.30. The van der Waals surface area contributed by atoms with Crippen LogP contribution in [0.15, 0.2) is 66.2 Å². The Bertz CT molecular complexity index is 1210. The monoisotopic (exact) mass is 462 g/mol. The van der Waals surface area contributed by atoms with Gasteiger partial charge in [0.15, 0.2) is 0 Å². The fraction of sp³-hybridized carbons (Fsp3) is 0.154. The summed E-state index contributed by atoms with van der Waals surface area (Å²) in [7, 11) is 3.20. The molecule has 0 saturated heterocycles. The van der Waals surface area contributed by atoms with Gasteiger partial charge in [0.25, 0.3) is 5.91 Å². The van der Waals surface area contributed by atoms with E-state index in [0.29, 0.717) is 40.1 Å². The molecule has 0 atom stereocenters. The fourth-order valence-corrected chi connectivity index (χ4v) is 3.31. The lowest BCUT2D eigenvalue weighted by Gasteiger charge is -2.12. The number of carbonyl (C=O) groups is 1. The van der Waals surface area contributed by atoms with E-state index in [1.165, 1.54) is 6.08 Å². The maximum Gasteiger partial charge on any atom is 0.266 e. The highest BCUT2D eigenvalue weighted by Gasteiger charge is 2.11. The lowest BCUT2D eigenvalue weighted by atomic mass is 10.1. The molecule has 3 rings (SSSR count). The third kappa shape index (κ3) is 6.28. The van der Waals surface area contributed by atoms with E-state index in [2.05, 4.69) is 5.32 Å². The van der Waals surface area contributed by atoms with Crippen molar-refractivity contribution < 1.29 is 19.0 Å². The Hall–Kier alpha value is -3.95. The molecular weight excluding hydrogens is 440 g/mol. The van der Waals surface area contributed by atoms with Crippen molar-refractivity contribution >= 4 is 29.3 Å². The van der Waals surface area contributed by atoms with E-state index >= 15 is 0 Å². The van der Waals surface area contributed by atoms with Crippen LogP contribution in [0, 0.1) is 18.3 Å². The number of nitriles is 1. The van der Waals surface area contributed by atoms with Crippen molar-refractivity contribution in [3.05, 3.63) is 87.9 Å². The number of carbonyl (C=O) groups excluding carboxylic acids is 1. The first-order valence-corrected chi connectivity index (χ1v) is 10.4. The maximum absolute atomic E-state index is 12.5. The Balaban J connectivity index is 1.68. The van der Waals surface area contributed by atoms with Crippen LogP contribution in [-0.2, 0) is 11.4 Å². The molecule has 0 aromatic heterocycles. The molecule has 33 heavy (non-hydrogen) atoms. The minimum absolute atomic E-state index is 0.0147. The molecule has 0 fully saturated rings. The van der Waals surface area contributed by atoms with Gasteiger partial charge in [-0.3, -0.25) is 4.79 Å². The number of nitrogens with zero attached hydrogens (tertiary/aromatic N) is 1. The molecule has 3 aromatic rings. The standard InChI is InChI=1S/C26H23ClN2O4/c1-17-12-21(27)6-10-24(17)29-26(30)19(15-28)13-18-4-7-22(8-5-18)33-16-20-14-23(31-2)9-11-25(20)32-3/h4-14H,16H2,1-3H3,(H,29,30)/b19-13+. The molecule has 0 radical (unpaired) electrons. The summed E-state index contributed by atoms with van der Waals surface area (Å²) in [4.78, 5) is 12.5. The Labute approximate surface area is 198 Å². The van der Waals surface area contributed by atoms with E-state index in [0.717, 1.165) is 11.1 Å². The molecule has 168 valence electrons. The lowest BCUT2D eigenvalue weighted by molar-refractivity contribution is -0.112. The summed E-state index contributed by atoms with van der Waals surface area (Å²) in [6.07, 6.45) is 1.52. The van der Waals surface area contributed by atoms with Crippen LogP contribution in [0.4, 0.5) is 5.69 Å². The third-order valence-electron chi connectivity index (χ3n) is 4.87. The Kier molecular flexibility index (Phi) is 7.96. The second-order valence-corrected chi connectivity index (χ2v) is 7.56. The molecule has 0 saturated carbocycles. The second kappa shape index (κ2) is 11.1. The van der Waals surface area contributed by atoms with Crippen molar-refractivity contribution in [1.29, 1.82) is 5.26 Å². The number of benzene rings is 3. The molecule has 0 aliphatic rings. The van der Waals surface area contributed by atoms with Crippen LogP contribution in [0.25, 0.3) is 6.08 Å². The molecule has 0 unspecified atom stereocenters. The average molecular weight is 463 g/mol. The zero-order chi connectivity index (χ0) is 23.8. The predicted octanol–water partition coefficient (Wildman–Crippen LogP) is 5.79. The van der Waals surface area contributed by atoms with Crippen molar-refractivity contribution in [3.63, 3.8) is 0 Å². The number of aryl methyl sites for hydroxylation is 1. The van der Waals surface area contributed by atoms with Gasteiger partial charge in [0.1, 0.15) is 35.5 Å². The molecule has 0 spiro atoms. The summed E-state index contributed by atoms with van der Waals surface area (Å²) in [5.41, 5.74) is 2.94. The summed E-state index contributed by atoms with van der Waals surface area (Å²) >= 11 is 5.95. The molecular formula is C26H23ClN2O4. The third-order valence-corrected chi connectivity index (χ3v) is 5.11. The summed E-state index contributed by atoms with van der Waals surface area (Å²) in [6, 6.07) is 19.7. The average Bonchev–Trinajstić information content (AvgIpc) is 2.83. The fourth-order valence-electron chi connectivity index (χ4n) is 3.09. The van der Waals surface area contributed by atoms with Gasteiger partial charge < -0.3 is 19.5 Å². The van der Waals surface area contributed by atoms with Gasteiger partial charge in [-0.05, 0) is 72.7 Å². The van der Waals surface area contributed by atoms with Crippen molar-refractivity contribution in [1.82, 2.24) is 0 Å². The molecule has 6 nitrogen and oxygen atoms in total. The number of amides is 1.